The van der Waals surface area contributed by atoms with Gasteiger partial charge in [0.15, 0.2) is 0 Å². The van der Waals surface area contributed by atoms with Gasteiger partial charge in [0.1, 0.15) is 5.75 Å². The van der Waals surface area contributed by atoms with Crippen molar-refractivity contribution >= 4 is 6.09 Å². The van der Waals surface area contributed by atoms with E-state index in [1.165, 1.54) is 11.1 Å². The summed E-state index contributed by atoms with van der Waals surface area (Å²) in [6.07, 6.45) is 3.30. The van der Waals surface area contributed by atoms with Gasteiger partial charge in [-0.3, -0.25) is 4.90 Å². The van der Waals surface area contributed by atoms with E-state index in [-0.39, 0.29) is 17.5 Å². The van der Waals surface area contributed by atoms with Crippen molar-refractivity contribution in [3.63, 3.8) is 0 Å². The predicted molar refractivity (Wildman–Crippen MR) is 135 cm³/mol. The van der Waals surface area contributed by atoms with E-state index in [9.17, 15) is 9.90 Å². The lowest BCUT2D eigenvalue weighted by Crippen LogP contribution is -2.60. The van der Waals surface area contributed by atoms with Gasteiger partial charge in [-0.05, 0) is 91.4 Å². The first-order chi connectivity index (χ1) is 16.3. The van der Waals surface area contributed by atoms with Gasteiger partial charge in [0.2, 0.25) is 0 Å². The van der Waals surface area contributed by atoms with E-state index in [0.717, 1.165) is 67.8 Å². The number of fused-ring (bicyclic) bond motifs is 4. The van der Waals surface area contributed by atoms with Crippen LogP contribution in [0.3, 0.4) is 0 Å². The first kappa shape index (κ1) is 23.2. The standard InChI is InChI=1S/C29H38N2O3/c1-5-19-7-9-20(10-8-19)23-15-22-17-29(3,4)27(24(22)16-26(23)34-6-2)31(28(32)33)25-18-30-13-11-21(25)12-14-30/h7-10,15-16,21,25,27H,5-6,11-14,17-18H2,1-4H3,(H,32,33)/t25-,27+/m1/s1. The van der Waals surface area contributed by atoms with Crippen molar-refractivity contribution in [3.8, 4) is 16.9 Å². The largest absolute Gasteiger partial charge is 0.493 e. The van der Waals surface area contributed by atoms with Crippen LogP contribution in [0.5, 0.6) is 5.75 Å². The molecule has 3 saturated heterocycles. The Morgan fingerprint density at radius 3 is 2.41 bits per heavy atom. The summed E-state index contributed by atoms with van der Waals surface area (Å²) in [6.45, 7) is 12.3. The molecule has 0 unspecified atom stereocenters. The van der Waals surface area contributed by atoms with Crippen molar-refractivity contribution in [2.75, 3.05) is 26.2 Å². The minimum Gasteiger partial charge on any atom is -0.493 e. The average Bonchev–Trinajstić information content (AvgIpc) is 3.09. The Labute approximate surface area is 203 Å². The Hall–Kier alpha value is -2.53. The van der Waals surface area contributed by atoms with Crippen LogP contribution in [0.25, 0.3) is 11.1 Å². The average molecular weight is 463 g/mol. The van der Waals surface area contributed by atoms with Gasteiger partial charge in [-0.15, -0.1) is 0 Å². The molecular weight excluding hydrogens is 424 g/mol. The van der Waals surface area contributed by atoms with Gasteiger partial charge in [-0.25, -0.2) is 4.79 Å². The van der Waals surface area contributed by atoms with Crippen LogP contribution >= 0.6 is 0 Å². The first-order valence-electron chi connectivity index (χ1n) is 12.9. The SMILES string of the molecule is CCOc1cc2c(cc1-c1ccc(CC)cc1)CC(C)(C)[C@H]2N(C(=O)O)[C@@H]1CN2CCC1CC2. The first-order valence-corrected chi connectivity index (χ1v) is 12.9. The maximum absolute atomic E-state index is 12.8. The summed E-state index contributed by atoms with van der Waals surface area (Å²) >= 11 is 0. The number of rotatable bonds is 6. The summed E-state index contributed by atoms with van der Waals surface area (Å²) in [5.41, 5.74) is 5.77. The fourth-order valence-electron chi connectivity index (χ4n) is 6.70. The molecule has 3 fully saturated rings. The van der Waals surface area contributed by atoms with Gasteiger partial charge in [-0.1, -0.05) is 45.0 Å². The second kappa shape index (κ2) is 8.92. The van der Waals surface area contributed by atoms with E-state index >= 15 is 0 Å². The highest BCUT2D eigenvalue weighted by Crippen LogP contribution is 2.53. The molecule has 3 aliphatic heterocycles. The lowest BCUT2D eigenvalue weighted by atomic mass is 9.79. The van der Waals surface area contributed by atoms with Gasteiger partial charge in [-0.2, -0.15) is 0 Å². The quantitative estimate of drug-likeness (QED) is 0.571. The number of ether oxygens (including phenoxy) is 1. The van der Waals surface area contributed by atoms with Crippen molar-refractivity contribution in [1.29, 1.82) is 0 Å². The summed E-state index contributed by atoms with van der Waals surface area (Å²) < 4.78 is 6.15. The van der Waals surface area contributed by atoms with E-state index < -0.39 is 6.09 Å². The van der Waals surface area contributed by atoms with Crippen LogP contribution in [-0.4, -0.2) is 53.3 Å². The molecule has 2 atom stereocenters. The van der Waals surface area contributed by atoms with Crippen molar-refractivity contribution in [2.24, 2.45) is 11.3 Å². The number of piperidine rings is 3. The molecule has 1 N–H and O–H groups in total. The monoisotopic (exact) mass is 462 g/mol. The summed E-state index contributed by atoms with van der Waals surface area (Å²) in [7, 11) is 0. The van der Waals surface area contributed by atoms with Gasteiger partial charge >= 0.3 is 6.09 Å². The molecule has 0 aromatic heterocycles. The van der Waals surface area contributed by atoms with Crippen molar-refractivity contribution in [1.82, 2.24) is 9.80 Å². The van der Waals surface area contributed by atoms with Crippen molar-refractivity contribution in [3.05, 3.63) is 53.1 Å². The minimum atomic E-state index is -0.790. The summed E-state index contributed by atoms with van der Waals surface area (Å²) in [5, 5.41) is 10.5. The molecule has 4 aliphatic rings. The Morgan fingerprint density at radius 1 is 1.15 bits per heavy atom. The van der Waals surface area contributed by atoms with Crippen LogP contribution in [0.1, 0.15) is 63.3 Å². The van der Waals surface area contributed by atoms with Crippen LogP contribution < -0.4 is 4.74 Å². The molecule has 5 heteroatoms. The molecule has 5 nitrogen and oxygen atoms in total. The lowest BCUT2D eigenvalue weighted by Gasteiger charge is -2.51. The molecule has 0 saturated carbocycles. The number of hydrogen-bond acceptors (Lipinski definition) is 3. The predicted octanol–water partition coefficient (Wildman–Crippen LogP) is 6.01. The second-order valence-electron chi connectivity index (χ2n) is 11.0. The highest BCUT2D eigenvalue weighted by molar-refractivity contribution is 5.74. The topological polar surface area (TPSA) is 53.0 Å². The van der Waals surface area contributed by atoms with Crippen molar-refractivity contribution in [2.45, 2.75) is 65.5 Å². The number of aryl methyl sites for hydroxylation is 1. The van der Waals surface area contributed by atoms with E-state index in [1.54, 1.807) is 0 Å². The van der Waals surface area contributed by atoms with Crippen LogP contribution in [0.15, 0.2) is 36.4 Å². The number of hydrogen-bond donors (Lipinski definition) is 1. The number of carbonyl (C=O) groups is 1. The third-order valence-corrected chi connectivity index (χ3v) is 8.37. The van der Waals surface area contributed by atoms with Crippen LogP contribution in [0.2, 0.25) is 0 Å². The Bertz CT molecular complexity index is 1050. The third-order valence-electron chi connectivity index (χ3n) is 8.37. The van der Waals surface area contributed by atoms with Crippen LogP contribution in [0.4, 0.5) is 4.79 Å². The lowest BCUT2D eigenvalue weighted by molar-refractivity contribution is -0.0267. The van der Waals surface area contributed by atoms with Crippen molar-refractivity contribution < 1.29 is 14.6 Å². The zero-order chi connectivity index (χ0) is 24.0. The number of benzene rings is 2. The highest BCUT2D eigenvalue weighted by Gasteiger charge is 2.50. The van der Waals surface area contributed by atoms with Crippen LogP contribution in [-0.2, 0) is 12.8 Å². The Kier molecular flexibility index (Phi) is 6.09. The Balaban J connectivity index is 1.58. The number of nitrogens with zero attached hydrogens (tertiary/aromatic N) is 2. The summed E-state index contributed by atoms with van der Waals surface area (Å²) in [4.78, 5) is 17.1. The normalized spacial score (nSPS) is 26.8. The molecular formula is C29H38N2O3. The molecule has 0 radical (unpaired) electrons. The van der Waals surface area contributed by atoms with Gasteiger partial charge < -0.3 is 14.7 Å². The summed E-state index contributed by atoms with van der Waals surface area (Å²) in [6, 6.07) is 13.0. The smallest absolute Gasteiger partial charge is 0.408 e. The zero-order valence-electron chi connectivity index (χ0n) is 21.0. The highest BCUT2D eigenvalue weighted by atomic mass is 16.5. The molecule has 6 rings (SSSR count). The van der Waals surface area contributed by atoms with Gasteiger partial charge in [0.25, 0.3) is 0 Å². The maximum atomic E-state index is 12.8. The number of amides is 1. The molecule has 0 spiro atoms. The van der Waals surface area contributed by atoms with E-state index in [4.69, 9.17) is 4.74 Å². The Morgan fingerprint density at radius 2 is 1.85 bits per heavy atom. The molecule has 2 aromatic carbocycles. The number of carboxylic acid groups (broad SMARTS) is 1. The fourth-order valence-corrected chi connectivity index (χ4v) is 6.70. The summed E-state index contributed by atoms with van der Waals surface area (Å²) in [5.74, 6) is 1.32. The van der Waals surface area contributed by atoms with Gasteiger partial charge in [0.05, 0.1) is 18.7 Å². The van der Waals surface area contributed by atoms with Gasteiger partial charge in [0, 0.05) is 12.1 Å². The molecule has 3 heterocycles. The maximum Gasteiger partial charge on any atom is 0.408 e. The molecule has 1 amide bonds. The minimum absolute atomic E-state index is 0.0621. The van der Waals surface area contributed by atoms with E-state index in [2.05, 4.69) is 62.1 Å². The van der Waals surface area contributed by atoms with E-state index in [1.807, 2.05) is 11.8 Å². The fraction of sp³-hybridized carbons (Fsp3) is 0.552. The molecule has 182 valence electrons. The molecule has 1 aliphatic carbocycles. The van der Waals surface area contributed by atoms with E-state index in [0.29, 0.717) is 12.5 Å². The zero-order valence-corrected chi connectivity index (χ0v) is 21.0. The molecule has 2 bridgehead atoms. The third kappa shape index (κ3) is 3.98. The second-order valence-corrected chi connectivity index (χ2v) is 11.0. The van der Waals surface area contributed by atoms with Crippen LogP contribution in [0, 0.1) is 11.3 Å². The molecule has 2 aromatic rings. The molecule has 34 heavy (non-hydrogen) atoms.